The van der Waals surface area contributed by atoms with E-state index in [-0.39, 0.29) is 11.3 Å². The van der Waals surface area contributed by atoms with Gasteiger partial charge in [0.05, 0.1) is 23.9 Å². The number of hydrogen-bond acceptors (Lipinski definition) is 3. The summed E-state index contributed by atoms with van der Waals surface area (Å²) in [4.78, 5) is 18.8. The molecule has 0 saturated carbocycles. The molecule has 0 aliphatic rings. The molecule has 19 heavy (non-hydrogen) atoms. The highest BCUT2D eigenvalue weighted by Crippen LogP contribution is 2.24. The smallest absolute Gasteiger partial charge is 0.233 e. The number of fused-ring (bicyclic) bond motifs is 1. The molecule has 0 aliphatic heterocycles. The number of nitrogens with zero attached hydrogens (tertiary/aromatic N) is 1. The van der Waals surface area contributed by atoms with Crippen LogP contribution in [0.2, 0.25) is 0 Å². The van der Waals surface area contributed by atoms with Gasteiger partial charge in [-0.2, -0.15) is 0 Å². The molecular weight excluding hydrogens is 240 g/mol. The maximum Gasteiger partial charge on any atom is 0.233 e. The summed E-state index contributed by atoms with van der Waals surface area (Å²) in [6.07, 6.45) is 1.69. The highest BCUT2D eigenvalue weighted by atomic mass is 16.1. The van der Waals surface area contributed by atoms with E-state index < -0.39 is 0 Å². The third-order valence-electron chi connectivity index (χ3n) is 3.27. The molecule has 3 N–H and O–H groups in total. The van der Waals surface area contributed by atoms with Crippen molar-refractivity contribution in [3.05, 3.63) is 30.1 Å². The summed E-state index contributed by atoms with van der Waals surface area (Å²) in [5, 5.41) is 5.78. The van der Waals surface area contributed by atoms with Gasteiger partial charge in [-0.25, -0.2) is 4.98 Å². The van der Waals surface area contributed by atoms with Gasteiger partial charge in [-0.1, -0.05) is 19.9 Å². The van der Waals surface area contributed by atoms with Crippen LogP contribution in [0, 0.1) is 0 Å². The lowest BCUT2D eigenvalue weighted by molar-refractivity contribution is -0.120. The van der Waals surface area contributed by atoms with E-state index in [0.717, 1.165) is 11.0 Å². The van der Waals surface area contributed by atoms with Crippen molar-refractivity contribution in [1.82, 2.24) is 20.6 Å². The number of aromatic amines is 1. The van der Waals surface area contributed by atoms with Crippen molar-refractivity contribution < 1.29 is 4.79 Å². The summed E-state index contributed by atoms with van der Waals surface area (Å²) >= 11 is 0. The van der Waals surface area contributed by atoms with Crippen LogP contribution >= 0.6 is 0 Å². The molecule has 0 spiro atoms. The topological polar surface area (TPSA) is 69.8 Å². The first-order valence-corrected chi connectivity index (χ1v) is 6.38. The van der Waals surface area contributed by atoms with Crippen molar-refractivity contribution >= 4 is 16.9 Å². The molecule has 2 aromatic rings. The Morgan fingerprint density at radius 1 is 1.42 bits per heavy atom. The summed E-state index contributed by atoms with van der Waals surface area (Å²) in [6, 6.07) is 6.15. The Morgan fingerprint density at radius 3 is 2.95 bits per heavy atom. The molecule has 1 heterocycles. The van der Waals surface area contributed by atoms with Crippen LogP contribution in [0.4, 0.5) is 0 Å². The highest BCUT2D eigenvalue weighted by Gasteiger charge is 2.21. The van der Waals surface area contributed by atoms with Crippen LogP contribution in [-0.2, 0) is 10.2 Å². The highest BCUT2D eigenvalue weighted by molar-refractivity contribution is 5.78. The van der Waals surface area contributed by atoms with Gasteiger partial charge in [0.15, 0.2) is 0 Å². The molecular formula is C14H20N4O. The maximum atomic E-state index is 11.5. The number of rotatable bonds is 5. The molecule has 0 atom stereocenters. The van der Waals surface area contributed by atoms with Crippen LogP contribution in [0.1, 0.15) is 19.4 Å². The van der Waals surface area contributed by atoms with Crippen LogP contribution in [0.3, 0.4) is 0 Å². The predicted molar refractivity (Wildman–Crippen MR) is 76.1 cm³/mol. The molecule has 5 heteroatoms. The van der Waals surface area contributed by atoms with Gasteiger partial charge in [0.1, 0.15) is 0 Å². The summed E-state index contributed by atoms with van der Waals surface area (Å²) in [5.41, 5.74) is 3.03. The van der Waals surface area contributed by atoms with Crippen molar-refractivity contribution in [2.75, 3.05) is 20.1 Å². The largest absolute Gasteiger partial charge is 0.354 e. The fourth-order valence-corrected chi connectivity index (χ4v) is 2.00. The SMILES string of the molecule is CNCC(=O)NCC(C)(C)c1ccc2nc[nH]c2c1. The van der Waals surface area contributed by atoms with Crippen molar-refractivity contribution in [2.24, 2.45) is 0 Å². The fraction of sp³-hybridized carbons (Fsp3) is 0.429. The second kappa shape index (κ2) is 5.40. The van der Waals surface area contributed by atoms with Gasteiger partial charge in [-0.15, -0.1) is 0 Å². The van der Waals surface area contributed by atoms with Gasteiger partial charge in [-0.05, 0) is 24.7 Å². The molecule has 0 saturated heterocycles. The number of hydrogen-bond donors (Lipinski definition) is 3. The number of carbonyl (C=O) groups excluding carboxylic acids is 1. The zero-order valence-electron chi connectivity index (χ0n) is 11.6. The molecule has 2 rings (SSSR count). The van der Waals surface area contributed by atoms with Crippen LogP contribution in [-0.4, -0.2) is 36.0 Å². The Balaban J connectivity index is 2.11. The van der Waals surface area contributed by atoms with Gasteiger partial charge < -0.3 is 15.6 Å². The van der Waals surface area contributed by atoms with E-state index in [1.807, 2.05) is 6.07 Å². The molecule has 0 fully saturated rings. The van der Waals surface area contributed by atoms with E-state index in [1.54, 1.807) is 13.4 Å². The average molecular weight is 260 g/mol. The Bertz CT molecular complexity index is 574. The second-order valence-corrected chi connectivity index (χ2v) is 5.33. The normalized spacial score (nSPS) is 11.7. The monoisotopic (exact) mass is 260 g/mol. The van der Waals surface area contributed by atoms with Crippen molar-refractivity contribution in [2.45, 2.75) is 19.3 Å². The van der Waals surface area contributed by atoms with Crippen LogP contribution in [0.25, 0.3) is 11.0 Å². The summed E-state index contributed by atoms with van der Waals surface area (Å²) in [7, 11) is 1.76. The Morgan fingerprint density at radius 2 is 2.21 bits per heavy atom. The van der Waals surface area contributed by atoms with Crippen molar-refractivity contribution in [1.29, 1.82) is 0 Å². The molecule has 5 nitrogen and oxygen atoms in total. The van der Waals surface area contributed by atoms with Gasteiger partial charge in [0.25, 0.3) is 0 Å². The van der Waals surface area contributed by atoms with Crippen molar-refractivity contribution in [3.8, 4) is 0 Å². The van der Waals surface area contributed by atoms with E-state index >= 15 is 0 Å². The number of imidazole rings is 1. The first-order valence-electron chi connectivity index (χ1n) is 6.38. The number of carbonyl (C=O) groups is 1. The lowest BCUT2D eigenvalue weighted by atomic mass is 9.84. The standard InChI is InChI=1S/C14H20N4O/c1-14(2,8-16-13(19)7-15-3)10-4-5-11-12(6-10)18-9-17-11/h4-6,9,15H,7-8H2,1-3H3,(H,16,19)(H,17,18). The van der Waals surface area contributed by atoms with Crippen LogP contribution in [0.5, 0.6) is 0 Å². The van der Waals surface area contributed by atoms with Crippen molar-refractivity contribution in [3.63, 3.8) is 0 Å². The number of benzene rings is 1. The van der Waals surface area contributed by atoms with E-state index in [4.69, 9.17) is 0 Å². The summed E-state index contributed by atoms with van der Waals surface area (Å²) < 4.78 is 0. The number of likely N-dealkylation sites (N-methyl/N-ethyl adjacent to an activating group) is 1. The van der Waals surface area contributed by atoms with Crippen LogP contribution in [0.15, 0.2) is 24.5 Å². The van der Waals surface area contributed by atoms with Gasteiger partial charge in [0, 0.05) is 12.0 Å². The average Bonchev–Trinajstić information content (AvgIpc) is 2.84. The van der Waals surface area contributed by atoms with Gasteiger partial charge >= 0.3 is 0 Å². The third-order valence-corrected chi connectivity index (χ3v) is 3.27. The van der Waals surface area contributed by atoms with Gasteiger partial charge in [0.2, 0.25) is 5.91 Å². The first-order chi connectivity index (χ1) is 9.03. The molecule has 1 aromatic heterocycles. The molecule has 0 aliphatic carbocycles. The zero-order chi connectivity index (χ0) is 13.9. The summed E-state index contributed by atoms with van der Waals surface area (Å²) in [5.74, 6) is 0.0122. The molecule has 1 aromatic carbocycles. The minimum atomic E-state index is -0.122. The molecule has 0 unspecified atom stereocenters. The quantitative estimate of drug-likeness (QED) is 0.756. The van der Waals surface area contributed by atoms with E-state index in [0.29, 0.717) is 13.1 Å². The number of nitrogens with one attached hydrogen (secondary N) is 3. The Kier molecular flexibility index (Phi) is 3.85. The zero-order valence-corrected chi connectivity index (χ0v) is 11.6. The van der Waals surface area contributed by atoms with E-state index in [1.165, 1.54) is 5.56 Å². The molecule has 0 bridgehead atoms. The number of H-pyrrole nitrogens is 1. The minimum absolute atomic E-state index is 0.0122. The van der Waals surface area contributed by atoms with Crippen LogP contribution < -0.4 is 10.6 Å². The second-order valence-electron chi connectivity index (χ2n) is 5.33. The summed E-state index contributed by atoms with van der Waals surface area (Å²) in [6.45, 7) is 5.18. The number of amides is 1. The predicted octanol–water partition coefficient (Wildman–Crippen LogP) is 1.18. The number of aromatic nitrogens is 2. The first kappa shape index (κ1) is 13.5. The van der Waals surface area contributed by atoms with E-state index in [2.05, 4.69) is 46.6 Å². The lowest BCUT2D eigenvalue weighted by Crippen LogP contribution is -2.40. The minimum Gasteiger partial charge on any atom is -0.354 e. The Labute approximate surface area is 112 Å². The lowest BCUT2D eigenvalue weighted by Gasteiger charge is -2.25. The molecule has 102 valence electrons. The Hall–Kier alpha value is -1.88. The molecule has 0 radical (unpaired) electrons. The van der Waals surface area contributed by atoms with E-state index in [9.17, 15) is 4.79 Å². The maximum absolute atomic E-state index is 11.5. The third kappa shape index (κ3) is 3.12. The fourth-order valence-electron chi connectivity index (χ4n) is 2.00. The van der Waals surface area contributed by atoms with Gasteiger partial charge in [-0.3, -0.25) is 4.79 Å². The molecule has 1 amide bonds.